The molecule has 0 aromatic heterocycles. The lowest BCUT2D eigenvalue weighted by Crippen LogP contribution is -2.45. The topological polar surface area (TPSA) is 58.4 Å². The van der Waals surface area contributed by atoms with Gasteiger partial charge in [-0.25, -0.2) is 0 Å². The van der Waals surface area contributed by atoms with Gasteiger partial charge in [0.2, 0.25) is 5.91 Å². The fourth-order valence-electron chi connectivity index (χ4n) is 1.92. The molecule has 1 unspecified atom stereocenters. The van der Waals surface area contributed by atoms with Crippen molar-refractivity contribution >= 4 is 5.91 Å². The molecule has 0 fully saturated rings. The van der Waals surface area contributed by atoms with Crippen LogP contribution in [0.5, 0.6) is 0 Å². The highest BCUT2D eigenvalue weighted by molar-refractivity contribution is 5.79. The molecule has 0 saturated heterocycles. The van der Waals surface area contributed by atoms with Crippen LogP contribution in [0.4, 0.5) is 0 Å². The summed E-state index contributed by atoms with van der Waals surface area (Å²) in [5.74, 6) is 0.392. The quantitative estimate of drug-likeness (QED) is 0.640. The highest BCUT2D eigenvalue weighted by Gasteiger charge is 2.17. The number of likely N-dealkylation sites (N-methyl/N-ethyl adjacent to an activating group) is 1. The predicted octanol–water partition coefficient (Wildman–Crippen LogP) is 1.21. The zero-order valence-corrected chi connectivity index (χ0v) is 12.0. The summed E-state index contributed by atoms with van der Waals surface area (Å²) in [5.41, 5.74) is 5.37. The number of primary amides is 1. The second-order valence-electron chi connectivity index (χ2n) is 5.28. The molecule has 0 bridgehead atoms. The van der Waals surface area contributed by atoms with Crippen molar-refractivity contribution in [2.45, 2.75) is 53.1 Å². The van der Waals surface area contributed by atoms with Gasteiger partial charge >= 0.3 is 0 Å². The number of amides is 1. The molecular weight excluding hydrogens is 214 g/mol. The summed E-state index contributed by atoms with van der Waals surface area (Å²) in [6.45, 7) is 13.6. The third-order valence-corrected chi connectivity index (χ3v) is 2.83. The minimum absolute atomic E-state index is 0.201. The van der Waals surface area contributed by atoms with Crippen molar-refractivity contribution in [2.24, 2.45) is 11.7 Å². The first-order valence-corrected chi connectivity index (χ1v) is 6.65. The van der Waals surface area contributed by atoms with Gasteiger partial charge in [-0.15, -0.1) is 0 Å². The van der Waals surface area contributed by atoms with Gasteiger partial charge in [-0.2, -0.15) is 0 Å². The van der Waals surface area contributed by atoms with Crippen LogP contribution in [-0.4, -0.2) is 42.5 Å². The molecule has 0 aliphatic rings. The Bertz CT molecular complexity index is 217. The van der Waals surface area contributed by atoms with E-state index in [0.717, 1.165) is 26.1 Å². The monoisotopic (exact) mass is 243 g/mol. The Kier molecular flexibility index (Phi) is 8.17. The van der Waals surface area contributed by atoms with E-state index in [1.807, 2.05) is 6.92 Å². The molecule has 17 heavy (non-hydrogen) atoms. The van der Waals surface area contributed by atoms with Gasteiger partial charge in [-0.1, -0.05) is 20.8 Å². The van der Waals surface area contributed by atoms with Gasteiger partial charge in [0.1, 0.15) is 0 Å². The van der Waals surface area contributed by atoms with Crippen LogP contribution in [0.1, 0.15) is 41.0 Å². The lowest BCUT2D eigenvalue weighted by atomic mass is 10.1. The largest absolute Gasteiger partial charge is 0.368 e. The third-order valence-electron chi connectivity index (χ3n) is 2.83. The number of nitrogens with two attached hydrogens (primary N) is 1. The molecule has 0 heterocycles. The molecule has 0 aliphatic carbocycles. The van der Waals surface area contributed by atoms with Crippen LogP contribution in [0.15, 0.2) is 0 Å². The van der Waals surface area contributed by atoms with E-state index < -0.39 is 0 Å². The lowest BCUT2D eigenvalue weighted by Gasteiger charge is -2.29. The minimum Gasteiger partial charge on any atom is -0.368 e. The van der Waals surface area contributed by atoms with Gasteiger partial charge in [-0.3, -0.25) is 4.79 Å². The van der Waals surface area contributed by atoms with Crippen LogP contribution >= 0.6 is 0 Å². The Hall–Kier alpha value is -0.610. The maximum absolute atomic E-state index is 11.2. The van der Waals surface area contributed by atoms with E-state index in [2.05, 4.69) is 37.9 Å². The van der Waals surface area contributed by atoms with Crippen molar-refractivity contribution in [1.29, 1.82) is 0 Å². The molecule has 0 aromatic rings. The molecule has 0 saturated carbocycles. The van der Waals surface area contributed by atoms with Gasteiger partial charge < -0.3 is 16.0 Å². The van der Waals surface area contributed by atoms with E-state index in [-0.39, 0.29) is 11.9 Å². The number of hydrogen-bond acceptors (Lipinski definition) is 3. The zero-order chi connectivity index (χ0) is 13.4. The molecule has 4 heteroatoms. The van der Waals surface area contributed by atoms with Gasteiger partial charge in [0.15, 0.2) is 0 Å². The summed E-state index contributed by atoms with van der Waals surface area (Å²) in [5, 5.41) is 3.13. The van der Waals surface area contributed by atoms with Crippen LogP contribution in [0, 0.1) is 5.92 Å². The molecule has 4 nitrogen and oxygen atoms in total. The number of carbonyl (C=O) groups is 1. The Morgan fingerprint density at radius 3 is 2.24 bits per heavy atom. The maximum Gasteiger partial charge on any atom is 0.234 e. The summed E-state index contributed by atoms with van der Waals surface area (Å²) < 4.78 is 0. The molecule has 0 aromatic carbocycles. The Morgan fingerprint density at radius 2 is 1.88 bits per heavy atom. The van der Waals surface area contributed by atoms with Crippen LogP contribution in [0.2, 0.25) is 0 Å². The maximum atomic E-state index is 11.2. The summed E-state index contributed by atoms with van der Waals surface area (Å²) in [6, 6.07) is 0.306. The Labute approximate surface area is 106 Å². The average Bonchev–Trinajstić information content (AvgIpc) is 2.20. The number of rotatable bonds is 9. The number of hydrogen-bond donors (Lipinski definition) is 2. The third kappa shape index (κ3) is 7.34. The van der Waals surface area contributed by atoms with Gasteiger partial charge in [0.05, 0.1) is 6.04 Å². The highest BCUT2D eigenvalue weighted by Crippen LogP contribution is 2.06. The summed E-state index contributed by atoms with van der Waals surface area (Å²) in [7, 11) is 0. The van der Waals surface area contributed by atoms with Crippen molar-refractivity contribution in [3.05, 3.63) is 0 Å². The van der Waals surface area contributed by atoms with Crippen molar-refractivity contribution in [2.75, 3.05) is 19.6 Å². The number of nitrogens with zero attached hydrogens (tertiary/aromatic N) is 1. The first-order chi connectivity index (χ1) is 7.88. The van der Waals surface area contributed by atoms with E-state index in [9.17, 15) is 4.79 Å². The van der Waals surface area contributed by atoms with E-state index >= 15 is 0 Å². The second-order valence-corrected chi connectivity index (χ2v) is 5.28. The smallest absolute Gasteiger partial charge is 0.234 e. The standard InChI is InChI=1S/C13H29N3O/c1-6-15-12(13(14)17)7-8-16(11(4)5)9-10(2)3/h10-12,15H,6-9H2,1-5H3,(H2,14,17). The SMILES string of the molecule is CCNC(CCN(CC(C)C)C(C)C)C(N)=O. The summed E-state index contributed by atoms with van der Waals surface area (Å²) >= 11 is 0. The summed E-state index contributed by atoms with van der Waals surface area (Å²) in [4.78, 5) is 13.6. The lowest BCUT2D eigenvalue weighted by molar-refractivity contribution is -0.120. The fourth-order valence-corrected chi connectivity index (χ4v) is 1.92. The van der Waals surface area contributed by atoms with Crippen molar-refractivity contribution in [3.63, 3.8) is 0 Å². The van der Waals surface area contributed by atoms with Crippen molar-refractivity contribution in [1.82, 2.24) is 10.2 Å². The Balaban J connectivity index is 4.21. The zero-order valence-electron chi connectivity index (χ0n) is 12.0. The first-order valence-electron chi connectivity index (χ1n) is 6.65. The van der Waals surface area contributed by atoms with Crippen LogP contribution in [0.25, 0.3) is 0 Å². The molecule has 3 N–H and O–H groups in total. The minimum atomic E-state index is -0.250. The molecule has 0 aliphatic heterocycles. The van der Waals surface area contributed by atoms with E-state index in [4.69, 9.17) is 5.73 Å². The molecule has 102 valence electrons. The number of nitrogens with one attached hydrogen (secondary N) is 1. The highest BCUT2D eigenvalue weighted by atomic mass is 16.1. The molecular formula is C13H29N3O. The van der Waals surface area contributed by atoms with E-state index in [1.165, 1.54) is 0 Å². The Morgan fingerprint density at radius 1 is 1.29 bits per heavy atom. The normalized spacial score (nSPS) is 13.6. The van der Waals surface area contributed by atoms with E-state index in [1.54, 1.807) is 0 Å². The van der Waals surface area contributed by atoms with Crippen LogP contribution in [0.3, 0.4) is 0 Å². The molecule has 0 rings (SSSR count). The molecule has 1 amide bonds. The van der Waals surface area contributed by atoms with Gasteiger partial charge in [0.25, 0.3) is 0 Å². The van der Waals surface area contributed by atoms with Crippen molar-refractivity contribution in [3.8, 4) is 0 Å². The van der Waals surface area contributed by atoms with Gasteiger partial charge in [0, 0.05) is 19.1 Å². The summed E-state index contributed by atoms with van der Waals surface area (Å²) in [6.07, 6.45) is 0.786. The second kappa shape index (κ2) is 8.48. The predicted molar refractivity (Wildman–Crippen MR) is 72.8 cm³/mol. The molecule has 0 spiro atoms. The molecule has 0 radical (unpaired) electrons. The van der Waals surface area contributed by atoms with Crippen molar-refractivity contribution < 1.29 is 4.79 Å². The first kappa shape index (κ1) is 16.4. The average molecular weight is 243 g/mol. The molecule has 1 atom stereocenters. The number of carbonyl (C=O) groups excluding carboxylic acids is 1. The van der Waals surface area contributed by atoms with E-state index in [0.29, 0.717) is 12.0 Å². The fraction of sp³-hybridized carbons (Fsp3) is 0.923. The van der Waals surface area contributed by atoms with Crippen LogP contribution < -0.4 is 11.1 Å². The van der Waals surface area contributed by atoms with Crippen LogP contribution in [-0.2, 0) is 4.79 Å². The van der Waals surface area contributed by atoms with Gasteiger partial charge in [-0.05, 0) is 32.7 Å².